The second-order valence-corrected chi connectivity index (χ2v) is 7.11. The van der Waals surface area contributed by atoms with E-state index in [1.165, 1.54) is 0 Å². The third kappa shape index (κ3) is 2.39. The quantitative estimate of drug-likeness (QED) is 0.847. The van der Waals surface area contributed by atoms with Gasteiger partial charge in [0.05, 0.1) is 12.5 Å². The van der Waals surface area contributed by atoms with Crippen LogP contribution in [0.2, 0.25) is 0 Å². The van der Waals surface area contributed by atoms with Crippen molar-refractivity contribution >= 4 is 17.7 Å². The van der Waals surface area contributed by atoms with Crippen LogP contribution in [0.15, 0.2) is 6.07 Å². The number of carbonyl (C=O) groups excluding carboxylic acids is 3. The van der Waals surface area contributed by atoms with Crippen molar-refractivity contribution in [2.24, 2.45) is 18.7 Å². The molecule has 2 aliphatic heterocycles. The van der Waals surface area contributed by atoms with Crippen LogP contribution in [0, 0.1) is 5.92 Å². The molecule has 24 heavy (non-hydrogen) atoms. The summed E-state index contributed by atoms with van der Waals surface area (Å²) in [6, 6.07) is 2.20. The number of nitrogens with two attached hydrogens (primary N) is 1. The number of likely N-dealkylation sites (tertiary alicyclic amines) is 1. The maximum absolute atomic E-state index is 12.8. The normalized spacial score (nSPS) is 23.5. The summed E-state index contributed by atoms with van der Waals surface area (Å²) >= 11 is 0. The van der Waals surface area contributed by atoms with Gasteiger partial charge in [0.1, 0.15) is 5.69 Å². The molecule has 1 aliphatic carbocycles. The molecule has 1 atom stereocenters. The molecular weight excluding hydrogens is 308 g/mol. The van der Waals surface area contributed by atoms with Gasteiger partial charge in [-0.1, -0.05) is 0 Å². The van der Waals surface area contributed by atoms with E-state index in [1.807, 2.05) is 15.9 Å². The Bertz CT molecular complexity index is 734. The molecule has 128 valence electrons. The van der Waals surface area contributed by atoms with Gasteiger partial charge in [0.15, 0.2) is 0 Å². The SMILES string of the molecule is Cn1c(C(N)=O)cc2c1CN(C(=O)[C@H]1CC(=O)N(C3CC3)C1)CC2. The number of nitrogens with zero attached hydrogens (tertiary/aromatic N) is 3. The fourth-order valence-electron chi connectivity index (χ4n) is 3.96. The number of primary amides is 1. The summed E-state index contributed by atoms with van der Waals surface area (Å²) in [5.41, 5.74) is 7.92. The molecule has 4 rings (SSSR count). The first-order valence-electron chi connectivity index (χ1n) is 8.51. The van der Waals surface area contributed by atoms with Gasteiger partial charge in [-0.15, -0.1) is 0 Å². The Balaban J connectivity index is 1.49. The molecule has 0 bridgehead atoms. The first-order valence-corrected chi connectivity index (χ1v) is 8.51. The van der Waals surface area contributed by atoms with E-state index in [-0.39, 0.29) is 17.7 Å². The lowest BCUT2D eigenvalue weighted by Gasteiger charge is -2.30. The maximum atomic E-state index is 12.8. The molecule has 1 saturated heterocycles. The molecule has 3 aliphatic rings. The molecule has 7 heteroatoms. The predicted molar refractivity (Wildman–Crippen MR) is 85.9 cm³/mol. The zero-order valence-electron chi connectivity index (χ0n) is 13.8. The van der Waals surface area contributed by atoms with Crippen molar-refractivity contribution in [1.82, 2.24) is 14.4 Å². The highest BCUT2D eigenvalue weighted by Gasteiger charge is 2.43. The molecular formula is C17H22N4O3. The number of hydrogen-bond donors (Lipinski definition) is 1. The van der Waals surface area contributed by atoms with Crippen LogP contribution in [0.3, 0.4) is 0 Å². The summed E-state index contributed by atoms with van der Waals surface area (Å²) in [5, 5.41) is 0. The lowest BCUT2D eigenvalue weighted by molar-refractivity contribution is -0.136. The fraction of sp³-hybridized carbons (Fsp3) is 0.588. The van der Waals surface area contributed by atoms with E-state index >= 15 is 0 Å². The van der Waals surface area contributed by atoms with E-state index < -0.39 is 5.91 Å². The monoisotopic (exact) mass is 330 g/mol. The zero-order valence-corrected chi connectivity index (χ0v) is 13.8. The number of rotatable bonds is 3. The van der Waals surface area contributed by atoms with Gasteiger partial charge in [-0.05, 0) is 30.9 Å². The van der Waals surface area contributed by atoms with Gasteiger partial charge < -0.3 is 20.1 Å². The van der Waals surface area contributed by atoms with Crippen LogP contribution in [0.4, 0.5) is 0 Å². The Labute approximate surface area is 140 Å². The third-order valence-corrected chi connectivity index (χ3v) is 5.50. The van der Waals surface area contributed by atoms with Gasteiger partial charge in [-0.25, -0.2) is 0 Å². The maximum Gasteiger partial charge on any atom is 0.265 e. The molecule has 0 spiro atoms. The molecule has 3 amide bonds. The smallest absolute Gasteiger partial charge is 0.265 e. The summed E-state index contributed by atoms with van der Waals surface area (Å²) < 4.78 is 1.79. The highest BCUT2D eigenvalue weighted by Crippen LogP contribution is 2.34. The highest BCUT2D eigenvalue weighted by atomic mass is 16.2. The van der Waals surface area contributed by atoms with Crippen LogP contribution in [-0.2, 0) is 29.6 Å². The highest BCUT2D eigenvalue weighted by molar-refractivity contribution is 5.92. The minimum Gasteiger partial charge on any atom is -0.364 e. The predicted octanol–water partition coefficient (Wildman–Crippen LogP) is 0.0196. The van der Waals surface area contributed by atoms with Crippen LogP contribution in [0.25, 0.3) is 0 Å². The first-order chi connectivity index (χ1) is 11.5. The third-order valence-electron chi connectivity index (χ3n) is 5.50. The van der Waals surface area contributed by atoms with Crippen LogP contribution in [0.5, 0.6) is 0 Å². The van der Waals surface area contributed by atoms with E-state index in [9.17, 15) is 14.4 Å². The molecule has 1 aromatic heterocycles. The van der Waals surface area contributed by atoms with Crippen LogP contribution in [0.1, 0.15) is 41.0 Å². The van der Waals surface area contributed by atoms with E-state index in [1.54, 1.807) is 11.6 Å². The number of aromatic nitrogens is 1. The van der Waals surface area contributed by atoms with Gasteiger partial charge in [-0.2, -0.15) is 0 Å². The number of fused-ring (bicyclic) bond motifs is 1. The van der Waals surface area contributed by atoms with Crippen molar-refractivity contribution in [2.45, 2.75) is 38.3 Å². The molecule has 0 unspecified atom stereocenters. The molecule has 1 aromatic rings. The van der Waals surface area contributed by atoms with Gasteiger partial charge in [0.25, 0.3) is 5.91 Å². The minimum absolute atomic E-state index is 0.0546. The van der Waals surface area contributed by atoms with Crippen molar-refractivity contribution in [3.8, 4) is 0 Å². The van der Waals surface area contributed by atoms with Gasteiger partial charge in [0, 0.05) is 38.3 Å². The Morgan fingerprint density at radius 2 is 2.04 bits per heavy atom. The molecule has 3 heterocycles. The number of amides is 3. The topological polar surface area (TPSA) is 88.6 Å². The molecule has 0 radical (unpaired) electrons. The van der Waals surface area contributed by atoms with Crippen molar-refractivity contribution in [3.63, 3.8) is 0 Å². The Hall–Kier alpha value is -2.31. The van der Waals surface area contributed by atoms with Crippen LogP contribution in [-0.4, -0.2) is 51.2 Å². The first kappa shape index (κ1) is 15.2. The number of hydrogen-bond acceptors (Lipinski definition) is 3. The van der Waals surface area contributed by atoms with Gasteiger partial charge >= 0.3 is 0 Å². The van der Waals surface area contributed by atoms with Crippen molar-refractivity contribution in [2.75, 3.05) is 13.1 Å². The van der Waals surface area contributed by atoms with Crippen LogP contribution < -0.4 is 5.73 Å². The average Bonchev–Trinajstić information content (AvgIpc) is 3.25. The van der Waals surface area contributed by atoms with Gasteiger partial charge in [-0.3, -0.25) is 14.4 Å². The standard InChI is InChI=1S/C17H22N4O3/c1-19-13(16(18)23)6-10-4-5-20(9-14(10)19)17(24)11-7-15(22)21(8-11)12-2-3-12/h6,11-12H,2-5,7-9H2,1H3,(H2,18,23)/t11-/m0/s1. The van der Waals surface area contributed by atoms with E-state index in [0.717, 1.165) is 30.5 Å². The molecule has 0 aromatic carbocycles. The Kier molecular flexibility index (Phi) is 3.40. The van der Waals surface area contributed by atoms with Crippen molar-refractivity contribution in [1.29, 1.82) is 0 Å². The van der Waals surface area contributed by atoms with Crippen molar-refractivity contribution in [3.05, 3.63) is 23.0 Å². The summed E-state index contributed by atoms with van der Waals surface area (Å²) in [6.07, 6.45) is 3.19. The minimum atomic E-state index is -0.453. The largest absolute Gasteiger partial charge is 0.364 e. The zero-order chi connectivity index (χ0) is 17.0. The molecule has 1 saturated carbocycles. The fourth-order valence-corrected chi connectivity index (χ4v) is 3.96. The summed E-state index contributed by atoms with van der Waals surface area (Å²) in [6.45, 7) is 1.67. The molecule has 7 nitrogen and oxygen atoms in total. The Morgan fingerprint density at radius 3 is 2.71 bits per heavy atom. The second-order valence-electron chi connectivity index (χ2n) is 7.11. The second kappa shape index (κ2) is 5.36. The average molecular weight is 330 g/mol. The van der Waals surface area contributed by atoms with E-state index in [2.05, 4.69) is 0 Å². The summed E-state index contributed by atoms with van der Waals surface area (Å²) in [4.78, 5) is 40.1. The molecule has 2 fully saturated rings. The lowest BCUT2D eigenvalue weighted by Crippen LogP contribution is -2.41. The summed E-state index contributed by atoms with van der Waals surface area (Å²) in [5.74, 6) is -0.510. The Morgan fingerprint density at radius 1 is 1.29 bits per heavy atom. The van der Waals surface area contributed by atoms with E-state index in [0.29, 0.717) is 37.8 Å². The number of carbonyl (C=O) groups is 3. The van der Waals surface area contributed by atoms with Crippen LogP contribution >= 0.6 is 0 Å². The van der Waals surface area contributed by atoms with Crippen molar-refractivity contribution < 1.29 is 14.4 Å². The summed E-state index contributed by atoms with van der Waals surface area (Å²) in [7, 11) is 1.81. The lowest BCUT2D eigenvalue weighted by atomic mass is 10.0. The van der Waals surface area contributed by atoms with E-state index in [4.69, 9.17) is 5.73 Å². The van der Waals surface area contributed by atoms with Gasteiger partial charge in [0.2, 0.25) is 11.8 Å². The molecule has 2 N–H and O–H groups in total.